The molecule has 7 heteroatoms. The van der Waals surface area contributed by atoms with E-state index in [4.69, 9.17) is 9.73 Å². The molecule has 0 fully saturated rings. The second-order valence-corrected chi connectivity index (χ2v) is 7.20. The fourth-order valence-electron chi connectivity index (χ4n) is 3.73. The molecule has 1 aromatic heterocycles. The predicted octanol–water partition coefficient (Wildman–Crippen LogP) is 2.99. The van der Waals surface area contributed by atoms with Gasteiger partial charge in [0.15, 0.2) is 5.96 Å². The Bertz CT molecular complexity index is 962. The second kappa shape index (κ2) is 7.88. The van der Waals surface area contributed by atoms with Crippen LogP contribution in [0.3, 0.4) is 0 Å². The Balaban J connectivity index is 1.62. The standard InChI is InChI=1S/C21H25N5O2/c1-14-12-18(27)26-19(16-6-4-3-5-7-16)24-20(25-21(26)23-14)22-13-15-8-10-17(28-2)11-9-15/h3-4,8-12,16,19H,5-7,13H2,1-2H3,(H2,22,23,24,25)/t16-,19+/m0/s1. The molecule has 0 saturated carbocycles. The van der Waals surface area contributed by atoms with Crippen molar-refractivity contribution in [3.8, 4) is 5.75 Å². The molecule has 1 aliphatic carbocycles. The molecule has 2 aliphatic rings. The number of benzene rings is 1. The van der Waals surface area contributed by atoms with Gasteiger partial charge in [-0.15, -0.1) is 0 Å². The van der Waals surface area contributed by atoms with Gasteiger partial charge in [0.2, 0.25) is 5.95 Å². The third kappa shape index (κ3) is 3.78. The first-order valence-corrected chi connectivity index (χ1v) is 9.60. The number of aromatic nitrogens is 2. The Kier molecular flexibility index (Phi) is 5.14. The average Bonchev–Trinajstić information content (AvgIpc) is 2.72. The predicted molar refractivity (Wildman–Crippen MR) is 110 cm³/mol. The van der Waals surface area contributed by atoms with Gasteiger partial charge in [-0.2, -0.15) is 0 Å². The molecule has 2 atom stereocenters. The van der Waals surface area contributed by atoms with Crippen molar-refractivity contribution in [3.63, 3.8) is 0 Å². The Morgan fingerprint density at radius 3 is 2.82 bits per heavy atom. The number of hydrogen-bond acceptors (Lipinski definition) is 4. The van der Waals surface area contributed by atoms with Crippen molar-refractivity contribution < 1.29 is 4.74 Å². The summed E-state index contributed by atoms with van der Waals surface area (Å²) in [5.41, 5.74) is 1.73. The average molecular weight is 379 g/mol. The van der Waals surface area contributed by atoms with Crippen LogP contribution >= 0.6 is 0 Å². The van der Waals surface area contributed by atoms with Crippen molar-refractivity contribution in [2.24, 2.45) is 10.9 Å². The number of nitrogens with zero attached hydrogens (tertiary/aromatic N) is 3. The van der Waals surface area contributed by atoms with E-state index < -0.39 is 0 Å². The molecule has 7 nitrogen and oxygen atoms in total. The maximum atomic E-state index is 12.7. The lowest BCUT2D eigenvalue weighted by atomic mass is 9.91. The molecule has 0 saturated heterocycles. The zero-order valence-electron chi connectivity index (χ0n) is 16.2. The summed E-state index contributed by atoms with van der Waals surface area (Å²) in [6, 6.07) is 9.42. The van der Waals surface area contributed by atoms with Crippen molar-refractivity contribution in [2.75, 3.05) is 12.4 Å². The monoisotopic (exact) mass is 379 g/mol. The molecule has 0 radical (unpaired) electrons. The topological polar surface area (TPSA) is 80.5 Å². The Labute approximate surface area is 164 Å². The highest BCUT2D eigenvalue weighted by Gasteiger charge is 2.31. The van der Waals surface area contributed by atoms with Gasteiger partial charge in [0.05, 0.1) is 13.7 Å². The van der Waals surface area contributed by atoms with Gasteiger partial charge in [-0.1, -0.05) is 24.3 Å². The first-order chi connectivity index (χ1) is 13.6. The third-order valence-corrected chi connectivity index (χ3v) is 5.21. The molecule has 146 valence electrons. The van der Waals surface area contributed by atoms with Crippen LogP contribution in [0.2, 0.25) is 0 Å². The van der Waals surface area contributed by atoms with Crippen LogP contribution in [0.5, 0.6) is 5.75 Å². The minimum atomic E-state index is -0.156. The van der Waals surface area contributed by atoms with Gasteiger partial charge in [-0.05, 0) is 43.9 Å². The van der Waals surface area contributed by atoms with Crippen molar-refractivity contribution in [1.82, 2.24) is 14.9 Å². The van der Waals surface area contributed by atoms with Crippen LogP contribution in [0.1, 0.15) is 36.7 Å². The molecule has 2 N–H and O–H groups in total. The summed E-state index contributed by atoms with van der Waals surface area (Å²) in [6.45, 7) is 2.35. The van der Waals surface area contributed by atoms with E-state index in [-0.39, 0.29) is 11.7 Å². The van der Waals surface area contributed by atoms with Crippen LogP contribution in [0.25, 0.3) is 0 Å². The van der Waals surface area contributed by atoms with Crippen molar-refractivity contribution >= 4 is 11.9 Å². The van der Waals surface area contributed by atoms with Crippen molar-refractivity contribution in [2.45, 2.75) is 38.9 Å². The van der Waals surface area contributed by atoms with Crippen LogP contribution in [0.15, 0.2) is 52.3 Å². The van der Waals surface area contributed by atoms with E-state index in [1.54, 1.807) is 17.7 Å². The number of fused-ring (bicyclic) bond motifs is 1. The fourth-order valence-corrected chi connectivity index (χ4v) is 3.73. The Morgan fingerprint density at radius 2 is 2.11 bits per heavy atom. The van der Waals surface area contributed by atoms with Gasteiger partial charge in [-0.25, -0.2) is 9.98 Å². The number of aryl methyl sites for hydroxylation is 1. The molecule has 28 heavy (non-hydrogen) atoms. The molecular formula is C21H25N5O2. The smallest absolute Gasteiger partial charge is 0.256 e. The summed E-state index contributed by atoms with van der Waals surface area (Å²) in [5, 5.41) is 6.62. The number of ether oxygens (including phenoxy) is 1. The van der Waals surface area contributed by atoms with Gasteiger partial charge < -0.3 is 10.1 Å². The highest BCUT2D eigenvalue weighted by molar-refractivity contribution is 5.93. The molecule has 1 aromatic carbocycles. The van der Waals surface area contributed by atoms with E-state index in [2.05, 4.69) is 27.8 Å². The molecular weight excluding hydrogens is 354 g/mol. The van der Waals surface area contributed by atoms with Crippen LogP contribution in [-0.2, 0) is 6.54 Å². The molecule has 2 heterocycles. The number of aliphatic imine (C=N–C) groups is 1. The minimum Gasteiger partial charge on any atom is -0.497 e. The largest absolute Gasteiger partial charge is 0.497 e. The minimum absolute atomic E-state index is 0.0451. The number of methoxy groups -OCH3 is 1. The number of guanidine groups is 1. The highest BCUT2D eigenvalue weighted by Crippen LogP contribution is 2.30. The summed E-state index contributed by atoms with van der Waals surface area (Å²) in [6.07, 6.45) is 7.23. The Morgan fingerprint density at radius 1 is 1.29 bits per heavy atom. The fraction of sp³-hybridized carbons (Fsp3) is 0.381. The van der Waals surface area contributed by atoms with Gasteiger partial charge in [0.25, 0.3) is 5.56 Å². The number of nitrogens with one attached hydrogen (secondary N) is 2. The Hall–Kier alpha value is -3.09. The van der Waals surface area contributed by atoms with E-state index in [1.165, 1.54) is 0 Å². The zero-order valence-corrected chi connectivity index (χ0v) is 16.2. The van der Waals surface area contributed by atoms with Crippen LogP contribution in [0.4, 0.5) is 5.95 Å². The molecule has 0 unspecified atom stereocenters. The summed E-state index contributed by atoms with van der Waals surface area (Å²) in [4.78, 5) is 21.9. The maximum Gasteiger partial charge on any atom is 0.256 e. The van der Waals surface area contributed by atoms with Gasteiger partial charge in [0, 0.05) is 17.7 Å². The summed E-state index contributed by atoms with van der Waals surface area (Å²) in [5.74, 6) is 2.34. The lowest BCUT2D eigenvalue weighted by Gasteiger charge is -2.36. The van der Waals surface area contributed by atoms with Gasteiger partial charge >= 0.3 is 0 Å². The maximum absolute atomic E-state index is 12.7. The molecule has 0 spiro atoms. The normalized spacial score (nSPS) is 22.3. The van der Waals surface area contributed by atoms with Crippen LogP contribution < -0.4 is 20.9 Å². The zero-order chi connectivity index (χ0) is 19.5. The second-order valence-electron chi connectivity index (χ2n) is 7.20. The van der Waals surface area contributed by atoms with E-state index in [0.29, 0.717) is 30.1 Å². The summed E-state index contributed by atoms with van der Waals surface area (Å²) in [7, 11) is 1.65. The quantitative estimate of drug-likeness (QED) is 0.799. The number of hydrogen-bond donors (Lipinski definition) is 2. The first-order valence-electron chi connectivity index (χ1n) is 9.60. The molecule has 0 bridgehead atoms. The van der Waals surface area contributed by atoms with E-state index >= 15 is 0 Å². The third-order valence-electron chi connectivity index (χ3n) is 5.21. The molecule has 2 aromatic rings. The van der Waals surface area contributed by atoms with Crippen LogP contribution in [-0.4, -0.2) is 22.6 Å². The van der Waals surface area contributed by atoms with Crippen molar-refractivity contribution in [1.29, 1.82) is 0 Å². The van der Waals surface area contributed by atoms with E-state index in [0.717, 1.165) is 30.6 Å². The molecule has 4 rings (SSSR count). The highest BCUT2D eigenvalue weighted by atomic mass is 16.5. The van der Waals surface area contributed by atoms with Crippen LogP contribution in [0, 0.1) is 12.8 Å². The lowest BCUT2D eigenvalue weighted by molar-refractivity contribution is 0.276. The number of rotatable bonds is 4. The van der Waals surface area contributed by atoms with E-state index in [9.17, 15) is 4.79 Å². The van der Waals surface area contributed by atoms with E-state index in [1.807, 2.05) is 31.2 Å². The molecule has 1 aliphatic heterocycles. The first kappa shape index (κ1) is 18.3. The van der Waals surface area contributed by atoms with Crippen molar-refractivity contribution in [3.05, 3.63) is 64.1 Å². The number of anilines is 1. The number of allylic oxidation sites excluding steroid dienone is 2. The summed E-state index contributed by atoms with van der Waals surface area (Å²) >= 11 is 0. The SMILES string of the molecule is COc1ccc(CN=C2Nc3nc(C)cc(=O)n3[C@H]([C@H]3CC=CCC3)N2)cc1. The van der Waals surface area contributed by atoms with Gasteiger partial charge in [-0.3, -0.25) is 14.7 Å². The molecule has 0 amide bonds. The summed E-state index contributed by atoms with van der Waals surface area (Å²) < 4.78 is 6.93. The lowest BCUT2D eigenvalue weighted by Crippen LogP contribution is -2.50. The van der Waals surface area contributed by atoms with Gasteiger partial charge in [0.1, 0.15) is 11.9 Å².